The van der Waals surface area contributed by atoms with Crippen LogP contribution in [0.1, 0.15) is 32.1 Å². The van der Waals surface area contributed by atoms with Crippen molar-refractivity contribution in [2.75, 3.05) is 31.5 Å². The molecule has 2 aliphatic rings. The molecule has 0 spiro atoms. The fourth-order valence-corrected chi connectivity index (χ4v) is 4.22. The summed E-state index contributed by atoms with van der Waals surface area (Å²) in [6.07, 6.45) is 6.48. The van der Waals surface area contributed by atoms with Crippen molar-refractivity contribution in [3.8, 4) is 0 Å². The van der Waals surface area contributed by atoms with Gasteiger partial charge in [0, 0.05) is 30.7 Å². The summed E-state index contributed by atoms with van der Waals surface area (Å²) < 4.78 is 5.32. The third-order valence-electron chi connectivity index (χ3n) is 5.86. The number of fused-ring (bicyclic) bond motifs is 1. The zero-order valence-corrected chi connectivity index (χ0v) is 17.8. The second kappa shape index (κ2) is 9.71. The Balaban J connectivity index is 1.46. The van der Waals surface area contributed by atoms with E-state index in [-0.39, 0.29) is 24.2 Å². The summed E-state index contributed by atoms with van der Waals surface area (Å²) in [6, 6.07) is 6.47. The second-order valence-electron chi connectivity index (χ2n) is 8.17. The molecule has 0 aliphatic carbocycles. The van der Waals surface area contributed by atoms with Gasteiger partial charge in [-0.05, 0) is 56.4 Å². The molecule has 4 rings (SSSR count). The Morgan fingerprint density at radius 3 is 2.75 bits per heavy atom. The third kappa shape index (κ3) is 5.19. The number of furan rings is 1. The zero-order chi connectivity index (χ0) is 22.5. The summed E-state index contributed by atoms with van der Waals surface area (Å²) in [4.78, 5) is 39.7. The van der Waals surface area contributed by atoms with E-state index < -0.39 is 11.0 Å². The van der Waals surface area contributed by atoms with Crippen LogP contribution in [-0.2, 0) is 9.59 Å². The van der Waals surface area contributed by atoms with Crippen molar-refractivity contribution in [2.24, 2.45) is 0 Å². The average Bonchev–Trinajstić information content (AvgIpc) is 3.42. The van der Waals surface area contributed by atoms with Gasteiger partial charge in [0.1, 0.15) is 11.6 Å². The van der Waals surface area contributed by atoms with E-state index in [1.807, 2.05) is 6.07 Å². The lowest BCUT2D eigenvalue weighted by Crippen LogP contribution is -2.49. The molecule has 32 heavy (non-hydrogen) atoms. The highest BCUT2D eigenvalue weighted by atomic mass is 16.6. The second-order valence-corrected chi connectivity index (χ2v) is 8.17. The van der Waals surface area contributed by atoms with Gasteiger partial charge in [-0.1, -0.05) is 0 Å². The maximum atomic E-state index is 13.2. The molecule has 2 amide bonds. The lowest BCUT2D eigenvalue weighted by atomic mass is 10.1. The van der Waals surface area contributed by atoms with Crippen LogP contribution in [0, 0.1) is 10.1 Å². The van der Waals surface area contributed by atoms with E-state index >= 15 is 0 Å². The van der Waals surface area contributed by atoms with Crippen LogP contribution in [0.25, 0.3) is 11.0 Å². The summed E-state index contributed by atoms with van der Waals surface area (Å²) in [5, 5.41) is 18.1. The highest BCUT2D eigenvalue weighted by molar-refractivity contribution is 5.88. The Labute approximate surface area is 185 Å². The van der Waals surface area contributed by atoms with Crippen LogP contribution >= 0.6 is 0 Å². The van der Waals surface area contributed by atoms with Crippen molar-refractivity contribution in [2.45, 2.75) is 38.1 Å². The molecule has 10 heteroatoms. The molecule has 0 radical (unpaired) electrons. The van der Waals surface area contributed by atoms with E-state index in [9.17, 15) is 19.7 Å². The normalized spacial score (nSPS) is 19.8. The molecular weight excluding hydrogens is 414 g/mol. The highest BCUT2D eigenvalue weighted by Crippen LogP contribution is 2.21. The van der Waals surface area contributed by atoms with E-state index in [1.54, 1.807) is 34.3 Å². The Morgan fingerprint density at radius 2 is 1.97 bits per heavy atom. The number of nitrogens with one attached hydrogen (secondary N) is 2. The van der Waals surface area contributed by atoms with Crippen LogP contribution in [0.3, 0.4) is 0 Å². The smallest absolute Gasteiger partial charge is 0.274 e. The number of carbonyl (C=O) groups excluding carboxylic acids is 2. The van der Waals surface area contributed by atoms with Gasteiger partial charge in [0.05, 0.1) is 17.7 Å². The molecule has 1 aromatic carbocycles. The van der Waals surface area contributed by atoms with Crippen LogP contribution in [0.4, 0.5) is 5.69 Å². The first kappa shape index (κ1) is 21.7. The Morgan fingerprint density at radius 1 is 1.19 bits per heavy atom. The number of benzene rings is 1. The van der Waals surface area contributed by atoms with Gasteiger partial charge in [-0.2, -0.15) is 0 Å². The van der Waals surface area contributed by atoms with Gasteiger partial charge in [0.15, 0.2) is 5.82 Å². The monoisotopic (exact) mass is 441 g/mol. The maximum absolute atomic E-state index is 13.2. The van der Waals surface area contributed by atoms with Crippen molar-refractivity contribution in [3.63, 3.8) is 0 Å². The van der Waals surface area contributed by atoms with Crippen LogP contribution in [-0.4, -0.2) is 58.8 Å². The van der Waals surface area contributed by atoms with E-state index in [1.165, 1.54) is 0 Å². The average molecular weight is 441 g/mol. The van der Waals surface area contributed by atoms with E-state index in [4.69, 9.17) is 4.42 Å². The van der Waals surface area contributed by atoms with Gasteiger partial charge in [-0.25, -0.2) is 0 Å². The SMILES string of the molecule is O=C(CN1CCCC[C@H](N/C(=C/[N+](=O)[O-])Nc2ccc3occc3c2)C1=O)N1CCCC1. The molecule has 2 saturated heterocycles. The number of anilines is 1. The highest BCUT2D eigenvalue weighted by Gasteiger charge is 2.30. The van der Waals surface area contributed by atoms with Crippen molar-refractivity contribution in [3.05, 3.63) is 52.7 Å². The van der Waals surface area contributed by atoms with Crippen molar-refractivity contribution in [1.82, 2.24) is 15.1 Å². The third-order valence-corrected chi connectivity index (χ3v) is 5.86. The standard InChI is InChI=1S/C22H27N5O5/c28-21(25-9-3-4-10-25)15-26-11-2-1-5-18(22(26)29)24-20(14-27(30)31)23-17-6-7-19-16(13-17)8-12-32-19/h6-8,12-14,18,23-24H,1-5,9-11,15H2/b20-14+/t18-/m0/s1. The molecular formula is C22H27N5O5. The van der Waals surface area contributed by atoms with Crippen molar-refractivity contribution in [1.29, 1.82) is 0 Å². The Kier molecular flexibility index (Phi) is 6.58. The summed E-state index contributed by atoms with van der Waals surface area (Å²) in [5.41, 5.74) is 1.34. The van der Waals surface area contributed by atoms with Crippen LogP contribution < -0.4 is 10.6 Å². The van der Waals surface area contributed by atoms with Gasteiger partial charge in [-0.15, -0.1) is 0 Å². The van der Waals surface area contributed by atoms with E-state index in [0.717, 1.165) is 50.4 Å². The molecule has 170 valence electrons. The predicted molar refractivity (Wildman–Crippen MR) is 118 cm³/mol. The van der Waals surface area contributed by atoms with Gasteiger partial charge < -0.3 is 24.9 Å². The molecule has 0 unspecified atom stereocenters. The largest absolute Gasteiger partial charge is 0.464 e. The number of hydrogen-bond acceptors (Lipinski definition) is 7. The molecule has 2 N–H and O–H groups in total. The van der Waals surface area contributed by atoms with Gasteiger partial charge >= 0.3 is 0 Å². The van der Waals surface area contributed by atoms with Gasteiger partial charge in [-0.3, -0.25) is 19.7 Å². The molecule has 0 saturated carbocycles. The lowest BCUT2D eigenvalue weighted by Gasteiger charge is -2.27. The minimum atomic E-state index is -0.653. The zero-order valence-electron chi connectivity index (χ0n) is 17.8. The summed E-state index contributed by atoms with van der Waals surface area (Å²) >= 11 is 0. The lowest BCUT2D eigenvalue weighted by molar-refractivity contribution is -0.403. The summed E-state index contributed by atoms with van der Waals surface area (Å²) in [5.74, 6) is -0.135. The number of nitro groups is 1. The fourth-order valence-electron chi connectivity index (χ4n) is 4.22. The summed E-state index contributed by atoms with van der Waals surface area (Å²) in [7, 11) is 0. The van der Waals surface area contributed by atoms with E-state index in [2.05, 4.69) is 10.6 Å². The Hall–Kier alpha value is -3.56. The summed E-state index contributed by atoms with van der Waals surface area (Å²) in [6.45, 7) is 2.04. The number of nitrogens with zero attached hydrogens (tertiary/aromatic N) is 3. The minimum absolute atomic E-state index is 0.0379. The molecule has 2 aromatic rings. The van der Waals surface area contributed by atoms with E-state index in [0.29, 0.717) is 24.2 Å². The number of hydrogen-bond donors (Lipinski definition) is 2. The number of likely N-dealkylation sites (tertiary alicyclic amines) is 2. The number of amides is 2. The quantitative estimate of drug-likeness (QED) is 0.500. The first-order valence-electron chi connectivity index (χ1n) is 10.9. The fraction of sp³-hybridized carbons (Fsp3) is 0.455. The number of rotatable bonds is 7. The Bertz CT molecular complexity index is 1030. The molecule has 10 nitrogen and oxygen atoms in total. The first-order chi connectivity index (χ1) is 15.5. The maximum Gasteiger partial charge on any atom is 0.274 e. The van der Waals surface area contributed by atoms with Crippen molar-refractivity contribution >= 4 is 28.5 Å². The first-order valence-corrected chi connectivity index (χ1v) is 10.9. The topological polar surface area (TPSA) is 121 Å². The van der Waals surface area contributed by atoms with Gasteiger partial charge in [0.25, 0.3) is 6.20 Å². The minimum Gasteiger partial charge on any atom is -0.464 e. The van der Waals surface area contributed by atoms with Gasteiger partial charge in [0.2, 0.25) is 11.8 Å². The van der Waals surface area contributed by atoms with Crippen LogP contribution in [0.15, 0.2) is 47.0 Å². The molecule has 0 bridgehead atoms. The molecule has 2 fully saturated rings. The molecule has 3 heterocycles. The molecule has 2 aliphatic heterocycles. The van der Waals surface area contributed by atoms with Crippen LogP contribution in [0.5, 0.6) is 0 Å². The van der Waals surface area contributed by atoms with Crippen molar-refractivity contribution < 1.29 is 18.9 Å². The molecule has 1 aromatic heterocycles. The number of carbonyl (C=O) groups is 2. The predicted octanol–water partition coefficient (Wildman–Crippen LogP) is 2.51. The van der Waals surface area contributed by atoms with Crippen LogP contribution in [0.2, 0.25) is 0 Å². The molecule has 1 atom stereocenters.